The fourth-order valence-electron chi connectivity index (χ4n) is 1.09. The zero-order valence-electron chi connectivity index (χ0n) is 9.23. The number of anilines is 1. The molecule has 84 valence electrons. The van der Waals surface area contributed by atoms with Gasteiger partial charge >= 0.3 is 0 Å². The molecule has 0 saturated heterocycles. The zero-order chi connectivity index (χ0) is 11.1. The maximum Gasteiger partial charge on any atom is 0.125 e. The second kappa shape index (κ2) is 6.69. The molecule has 1 unspecified atom stereocenters. The van der Waals surface area contributed by atoms with Gasteiger partial charge < -0.3 is 10.4 Å². The van der Waals surface area contributed by atoms with Crippen molar-refractivity contribution < 1.29 is 5.11 Å². The first-order chi connectivity index (χ1) is 7.26. The van der Waals surface area contributed by atoms with Crippen LogP contribution in [-0.4, -0.2) is 28.5 Å². The van der Waals surface area contributed by atoms with Crippen LogP contribution >= 0.6 is 11.8 Å². The van der Waals surface area contributed by atoms with E-state index in [1.165, 1.54) is 5.56 Å². The Morgan fingerprint density at radius 2 is 2.33 bits per heavy atom. The standard InChI is InChI=1S/C11H18N2OS/c1-3-12-11-5-4-10(6-13-11)8-15-9(2)7-14/h4-6,9,14H,3,7-8H2,1-2H3,(H,12,13). The maximum atomic E-state index is 8.88. The van der Waals surface area contributed by atoms with Gasteiger partial charge in [-0.3, -0.25) is 0 Å². The highest BCUT2D eigenvalue weighted by atomic mass is 32.2. The first-order valence-corrected chi connectivity index (χ1v) is 6.22. The van der Waals surface area contributed by atoms with E-state index in [0.717, 1.165) is 18.1 Å². The average molecular weight is 226 g/mol. The summed E-state index contributed by atoms with van der Waals surface area (Å²) in [5, 5.41) is 12.3. The average Bonchev–Trinajstić information content (AvgIpc) is 2.28. The van der Waals surface area contributed by atoms with Crippen molar-refractivity contribution in [2.45, 2.75) is 24.9 Å². The van der Waals surface area contributed by atoms with Crippen LogP contribution in [0.5, 0.6) is 0 Å². The number of nitrogens with one attached hydrogen (secondary N) is 1. The highest BCUT2D eigenvalue weighted by molar-refractivity contribution is 7.99. The van der Waals surface area contributed by atoms with Crippen molar-refractivity contribution in [1.29, 1.82) is 0 Å². The summed E-state index contributed by atoms with van der Waals surface area (Å²) in [6.45, 7) is 5.19. The van der Waals surface area contributed by atoms with Gasteiger partial charge in [0.1, 0.15) is 5.82 Å². The van der Waals surface area contributed by atoms with E-state index in [1.54, 1.807) is 11.8 Å². The summed E-state index contributed by atoms with van der Waals surface area (Å²) in [4.78, 5) is 4.29. The van der Waals surface area contributed by atoms with E-state index in [1.807, 2.05) is 26.1 Å². The van der Waals surface area contributed by atoms with Gasteiger partial charge in [0.25, 0.3) is 0 Å². The predicted molar refractivity (Wildman–Crippen MR) is 66.2 cm³/mol. The second-order valence-electron chi connectivity index (χ2n) is 3.39. The molecule has 0 aliphatic heterocycles. The molecule has 0 aromatic carbocycles. The third kappa shape index (κ3) is 4.53. The van der Waals surface area contributed by atoms with Crippen molar-refractivity contribution in [2.75, 3.05) is 18.5 Å². The molecule has 0 amide bonds. The smallest absolute Gasteiger partial charge is 0.125 e. The van der Waals surface area contributed by atoms with Crippen LogP contribution < -0.4 is 5.32 Å². The van der Waals surface area contributed by atoms with E-state index in [9.17, 15) is 0 Å². The van der Waals surface area contributed by atoms with Crippen LogP contribution in [0.2, 0.25) is 0 Å². The zero-order valence-corrected chi connectivity index (χ0v) is 10.0. The van der Waals surface area contributed by atoms with E-state index in [4.69, 9.17) is 5.11 Å². The van der Waals surface area contributed by atoms with Crippen LogP contribution in [0, 0.1) is 0 Å². The monoisotopic (exact) mass is 226 g/mol. The molecule has 2 N–H and O–H groups in total. The first kappa shape index (κ1) is 12.3. The van der Waals surface area contributed by atoms with Gasteiger partial charge in [0.15, 0.2) is 0 Å². The molecule has 15 heavy (non-hydrogen) atoms. The number of nitrogens with zero attached hydrogens (tertiary/aromatic N) is 1. The number of aliphatic hydroxyl groups excluding tert-OH is 1. The summed E-state index contributed by atoms with van der Waals surface area (Å²) >= 11 is 1.74. The van der Waals surface area contributed by atoms with Crippen LogP contribution in [0.25, 0.3) is 0 Å². The molecule has 1 heterocycles. The summed E-state index contributed by atoms with van der Waals surface area (Å²) in [5.41, 5.74) is 1.20. The third-order valence-electron chi connectivity index (χ3n) is 1.97. The van der Waals surface area contributed by atoms with Gasteiger partial charge in [0.05, 0.1) is 6.61 Å². The number of pyridine rings is 1. The molecule has 1 atom stereocenters. The molecule has 0 spiro atoms. The first-order valence-electron chi connectivity index (χ1n) is 5.17. The lowest BCUT2D eigenvalue weighted by molar-refractivity contribution is 0.300. The molecule has 1 rings (SSSR count). The Labute approximate surface area is 95.3 Å². The Hall–Kier alpha value is -0.740. The minimum Gasteiger partial charge on any atom is -0.395 e. The lowest BCUT2D eigenvalue weighted by atomic mass is 10.3. The van der Waals surface area contributed by atoms with Gasteiger partial charge in [-0.1, -0.05) is 13.0 Å². The third-order valence-corrected chi connectivity index (χ3v) is 3.19. The van der Waals surface area contributed by atoms with Gasteiger partial charge in [-0.05, 0) is 18.6 Å². The quantitative estimate of drug-likeness (QED) is 0.780. The lowest BCUT2D eigenvalue weighted by Crippen LogP contribution is -2.03. The van der Waals surface area contributed by atoms with Crippen molar-refractivity contribution in [1.82, 2.24) is 4.98 Å². The number of thioether (sulfide) groups is 1. The second-order valence-corrected chi connectivity index (χ2v) is 4.81. The molecule has 1 aromatic heterocycles. The maximum absolute atomic E-state index is 8.88. The molecule has 0 fully saturated rings. The fraction of sp³-hybridized carbons (Fsp3) is 0.545. The van der Waals surface area contributed by atoms with Crippen LogP contribution in [0.15, 0.2) is 18.3 Å². The molecule has 4 heteroatoms. The SMILES string of the molecule is CCNc1ccc(CSC(C)CO)cn1. The Bertz CT molecular complexity index is 276. The molecular formula is C11H18N2OS. The van der Waals surface area contributed by atoms with E-state index >= 15 is 0 Å². The van der Waals surface area contributed by atoms with E-state index < -0.39 is 0 Å². The molecule has 0 radical (unpaired) electrons. The summed E-state index contributed by atoms with van der Waals surface area (Å²) in [6, 6.07) is 4.06. The number of aromatic nitrogens is 1. The van der Waals surface area contributed by atoms with Crippen molar-refractivity contribution in [2.24, 2.45) is 0 Å². The molecule has 1 aromatic rings. The van der Waals surface area contributed by atoms with Crippen molar-refractivity contribution in [3.63, 3.8) is 0 Å². The Kier molecular flexibility index (Phi) is 5.50. The summed E-state index contributed by atoms with van der Waals surface area (Å²) in [7, 11) is 0. The lowest BCUT2D eigenvalue weighted by Gasteiger charge is -2.07. The van der Waals surface area contributed by atoms with E-state index in [-0.39, 0.29) is 6.61 Å². The van der Waals surface area contributed by atoms with Crippen LogP contribution in [-0.2, 0) is 5.75 Å². The van der Waals surface area contributed by atoms with Gasteiger partial charge in [-0.25, -0.2) is 4.98 Å². The summed E-state index contributed by atoms with van der Waals surface area (Å²) in [5.74, 6) is 1.82. The number of hydrogen-bond acceptors (Lipinski definition) is 4. The molecule has 0 aliphatic rings. The highest BCUT2D eigenvalue weighted by Gasteiger charge is 2.01. The highest BCUT2D eigenvalue weighted by Crippen LogP contribution is 2.17. The van der Waals surface area contributed by atoms with Gasteiger partial charge in [-0.2, -0.15) is 11.8 Å². The molecular weight excluding hydrogens is 208 g/mol. The molecule has 0 aliphatic carbocycles. The van der Waals surface area contributed by atoms with E-state index in [2.05, 4.69) is 16.4 Å². The van der Waals surface area contributed by atoms with Gasteiger partial charge in [0.2, 0.25) is 0 Å². The topological polar surface area (TPSA) is 45.1 Å². The minimum atomic E-state index is 0.230. The predicted octanol–water partition coefficient (Wildman–Crippen LogP) is 2.13. The van der Waals surface area contributed by atoms with Gasteiger partial charge in [0, 0.05) is 23.7 Å². The fourth-order valence-corrected chi connectivity index (χ4v) is 1.84. The normalized spacial score (nSPS) is 12.5. The van der Waals surface area contributed by atoms with Gasteiger partial charge in [-0.15, -0.1) is 0 Å². The number of aliphatic hydroxyl groups is 1. The Balaban J connectivity index is 2.42. The van der Waals surface area contributed by atoms with Crippen LogP contribution in [0.3, 0.4) is 0 Å². The van der Waals surface area contributed by atoms with Crippen molar-refractivity contribution in [3.05, 3.63) is 23.9 Å². The molecule has 0 bridgehead atoms. The minimum absolute atomic E-state index is 0.230. The summed E-state index contributed by atoms with van der Waals surface area (Å²) < 4.78 is 0. The molecule has 3 nitrogen and oxygen atoms in total. The molecule has 0 saturated carbocycles. The number of hydrogen-bond donors (Lipinski definition) is 2. The van der Waals surface area contributed by atoms with Crippen LogP contribution in [0.4, 0.5) is 5.82 Å². The van der Waals surface area contributed by atoms with E-state index in [0.29, 0.717) is 5.25 Å². The Morgan fingerprint density at radius 3 is 2.87 bits per heavy atom. The van der Waals surface area contributed by atoms with Crippen LogP contribution in [0.1, 0.15) is 19.4 Å². The Morgan fingerprint density at radius 1 is 1.53 bits per heavy atom. The summed E-state index contributed by atoms with van der Waals surface area (Å²) in [6.07, 6.45) is 1.88. The van der Waals surface area contributed by atoms with Crippen molar-refractivity contribution >= 4 is 17.6 Å². The largest absolute Gasteiger partial charge is 0.395 e. The number of rotatable bonds is 6. The van der Waals surface area contributed by atoms with Crippen molar-refractivity contribution in [3.8, 4) is 0 Å².